The molecule has 5 nitrogen and oxygen atoms in total. The summed E-state index contributed by atoms with van der Waals surface area (Å²) in [6, 6.07) is 18.5. The molecule has 0 N–H and O–H groups in total. The van der Waals surface area contributed by atoms with Gasteiger partial charge in [-0.3, -0.25) is 0 Å². The Morgan fingerprint density at radius 2 is 1.47 bits per heavy atom. The molecule has 4 aromatic heterocycles. The molecule has 0 amide bonds. The van der Waals surface area contributed by atoms with Crippen molar-refractivity contribution < 1.29 is 4.57 Å². The Balaban J connectivity index is 1.66. The second-order valence-electron chi connectivity index (χ2n) is 15.0. The van der Waals surface area contributed by atoms with Crippen LogP contribution in [0.25, 0.3) is 60.4 Å². The van der Waals surface area contributed by atoms with Gasteiger partial charge in [-0.15, -0.1) is 0 Å². The topological polar surface area (TPSA) is 47.0 Å². The van der Waals surface area contributed by atoms with Crippen LogP contribution in [0.1, 0.15) is 78.2 Å². The van der Waals surface area contributed by atoms with Crippen molar-refractivity contribution in [2.75, 3.05) is 0 Å². The monoisotopic (exact) mass is 568 g/mol. The molecule has 0 saturated carbocycles. The van der Waals surface area contributed by atoms with Gasteiger partial charge in [-0.2, -0.15) is 0 Å². The summed E-state index contributed by atoms with van der Waals surface area (Å²) in [5.41, 5.74) is 8.27. The molecule has 0 radical (unpaired) electrons. The highest BCUT2D eigenvalue weighted by atomic mass is 15.1. The third-order valence-electron chi connectivity index (χ3n) is 8.77. The minimum atomic E-state index is -0.198. The second kappa shape index (κ2) is 9.19. The molecule has 0 saturated heterocycles. The van der Waals surface area contributed by atoms with Gasteiger partial charge in [-0.25, -0.2) is 19.5 Å². The van der Waals surface area contributed by atoms with Crippen LogP contribution in [-0.4, -0.2) is 19.4 Å². The number of nitrogens with zero attached hydrogens (tertiary/aromatic N) is 5. The molecular weight excluding hydrogens is 526 g/mol. The summed E-state index contributed by atoms with van der Waals surface area (Å²) >= 11 is 0. The van der Waals surface area contributed by atoms with E-state index in [2.05, 4.69) is 133 Å². The molecule has 0 fully saturated rings. The van der Waals surface area contributed by atoms with E-state index in [1.54, 1.807) is 0 Å². The second-order valence-corrected chi connectivity index (χ2v) is 15.0. The predicted octanol–water partition coefficient (Wildman–Crippen LogP) is 8.77. The van der Waals surface area contributed by atoms with Gasteiger partial charge in [0.25, 0.3) is 0 Å². The summed E-state index contributed by atoms with van der Waals surface area (Å²) in [4.78, 5) is 15.1. The number of pyridine rings is 2. The van der Waals surface area contributed by atoms with Crippen molar-refractivity contribution in [2.24, 2.45) is 13.0 Å². The number of fused-ring (bicyclic) bond motifs is 5. The Kier molecular flexibility index (Phi) is 5.92. The van der Waals surface area contributed by atoms with Crippen LogP contribution in [0.2, 0.25) is 0 Å². The summed E-state index contributed by atoms with van der Waals surface area (Å²) in [5, 5.41) is 6.39. The van der Waals surface area contributed by atoms with Crippen LogP contribution in [0.15, 0.2) is 54.7 Å². The summed E-state index contributed by atoms with van der Waals surface area (Å²) in [6.07, 6.45) is 3.26. The zero-order chi connectivity index (χ0) is 30.6. The quantitative estimate of drug-likeness (QED) is 0.122. The first kappa shape index (κ1) is 27.7. The van der Waals surface area contributed by atoms with Crippen LogP contribution >= 0.6 is 0 Å². The van der Waals surface area contributed by atoms with E-state index in [1.807, 2.05) is 0 Å². The molecule has 43 heavy (non-hydrogen) atoms. The lowest BCUT2D eigenvalue weighted by Gasteiger charge is -2.23. The third kappa shape index (κ3) is 4.27. The molecular formula is C38H42N5+. The Hall–Kier alpha value is -4.12. The Bertz CT molecular complexity index is 2190. The normalized spacial score (nSPS) is 13.2. The molecule has 4 heterocycles. The molecule has 0 aliphatic rings. The molecule has 0 aliphatic carbocycles. The first-order chi connectivity index (χ1) is 20.2. The summed E-state index contributed by atoms with van der Waals surface area (Å²) in [6.45, 7) is 19.9. The van der Waals surface area contributed by atoms with Gasteiger partial charge in [0.1, 0.15) is 18.7 Å². The lowest BCUT2D eigenvalue weighted by Crippen LogP contribution is -2.29. The minimum Gasteiger partial charge on any atom is -0.307 e. The molecule has 5 heteroatoms. The Labute approximate surface area is 254 Å². The van der Waals surface area contributed by atoms with E-state index in [4.69, 9.17) is 15.0 Å². The maximum Gasteiger partial charge on any atom is 0.224 e. The average molecular weight is 569 g/mol. The van der Waals surface area contributed by atoms with E-state index in [1.165, 1.54) is 60.1 Å². The van der Waals surface area contributed by atoms with Crippen LogP contribution in [0, 0.1) is 12.8 Å². The van der Waals surface area contributed by atoms with Crippen LogP contribution in [-0.2, 0) is 24.3 Å². The third-order valence-corrected chi connectivity index (χ3v) is 8.77. The number of rotatable bonds is 3. The summed E-state index contributed by atoms with van der Waals surface area (Å²) in [5.74, 6) is 2.99. The molecule has 7 aromatic rings. The first-order valence-corrected chi connectivity index (χ1v) is 15.5. The molecule has 0 spiro atoms. The fourth-order valence-corrected chi connectivity index (χ4v) is 6.67. The van der Waals surface area contributed by atoms with E-state index in [0.717, 1.165) is 29.5 Å². The van der Waals surface area contributed by atoms with E-state index in [0.29, 0.717) is 5.92 Å². The zero-order valence-corrected chi connectivity index (χ0v) is 27.2. The van der Waals surface area contributed by atoms with Crippen molar-refractivity contribution in [2.45, 2.75) is 79.6 Å². The highest BCUT2D eigenvalue weighted by Gasteiger charge is 2.28. The van der Waals surface area contributed by atoms with Gasteiger partial charge in [-0.1, -0.05) is 73.6 Å². The standard InChI is InChI=1S/C38H42N5/c1-21(2)17-23-12-14-28-27(18-23)26-13-11-22(3)30-32(26)43(28)29-20-25(19-24-15-16-42(10)33(30)31(24)29)34-39-35(37(4,5)6)41-36(40-34)38(7,8)9/h11-16,18-21H,17H2,1-10H3/q+1. The van der Waals surface area contributed by atoms with Gasteiger partial charge in [0.15, 0.2) is 12.0 Å². The van der Waals surface area contributed by atoms with Gasteiger partial charge in [-0.05, 0) is 60.0 Å². The van der Waals surface area contributed by atoms with Gasteiger partial charge >= 0.3 is 0 Å². The number of hydrogen-bond donors (Lipinski definition) is 0. The van der Waals surface area contributed by atoms with Crippen LogP contribution in [0.4, 0.5) is 0 Å². The maximum absolute atomic E-state index is 5.09. The van der Waals surface area contributed by atoms with Crippen LogP contribution in [0.5, 0.6) is 0 Å². The average Bonchev–Trinajstić information content (AvgIpc) is 3.25. The zero-order valence-electron chi connectivity index (χ0n) is 27.2. The highest BCUT2D eigenvalue weighted by molar-refractivity contribution is 6.26. The summed E-state index contributed by atoms with van der Waals surface area (Å²) in [7, 11) is 2.17. The Morgan fingerprint density at radius 3 is 2.12 bits per heavy atom. The SMILES string of the molecule is Cc1ccc2c3cc(CC(C)C)ccc3n3c4cc(-c5nc(C(C)(C)C)nc(C(C)(C)C)n5)cc5cc[n+](C)c(c1c23)c54. The Morgan fingerprint density at radius 1 is 0.767 bits per heavy atom. The number of aryl methyl sites for hydroxylation is 2. The lowest BCUT2D eigenvalue weighted by molar-refractivity contribution is -0.643. The van der Waals surface area contributed by atoms with E-state index in [-0.39, 0.29) is 10.8 Å². The highest BCUT2D eigenvalue weighted by Crippen LogP contribution is 2.42. The maximum atomic E-state index is 5.09. The van der Waals surface area contributed by atoms with Crippen molar-refractivity contribution in [1.29, 1.82) is 0 Å². The van der Waals surface area contributed by atoms with E-state index < -0.39 is 0 Å². The molecule has 0 atom stereocenters. The number of aromatic nitrogens is 5. The minimum absolute atomic E-state index is 0.198. The summed E-state index contributed by atoms with van der Waals surface area (Å²) < 4.78 is 4.79. The van der Waals surface area contributed by atoms with E-state index in [9.17, 15) is 0 Å². The van der Waals surface area contributed by atoms with E-state index >= 15 is 0 Å². The van der Waals surface area contributed by atoms with Crippen molar-refractivity contribution in [3.05, 3.63) is 77.5 Å². The molecule has 218 valence electrons. The molecule has 0 bridgehead atoms. The smallest absolute Gasteiger partial charge is 0.224 e. The fourth-order valence-electron chi connectivity index (χ4n) is 6.67. The molecule has 7 rings (SSSR count). The van der Waals surface area contributed by atoms with Gasteiger partial charge in [0.2, 0.25) is 5.52 Å². The van der Waals surface area contributed by atoms with Crippen molar-refractivity contribution >= 4 is 49.0 Å². The van der Waals surface area contributed by atoms with Crippen molar-refractivity contribution in [3.63, 3.8) is 0 Å². The van der Waals surface area contributed by atoms with Gasteiger partial charge in [0.05, 0.1) is 27.3 Å². The van der Waals surface area contributed by atoms with Gasteiger partial charge < -0.3 is 4.40 Å². The predicted molar refractivity (Wildman–Crippen MR) is 179 cm³/mol. The van der Waals surface area contributed by atoms with Crippen LogP contribution < -0.4 is 4.57 Å². The molecule has 3 aromatic carbocycles. The number of hydrogen-bond acceptors (Lipinski definition) is 3. The lowest BCUT2D eigenvalue weighted by atomic mass is 9.92. The first-order valence-electron chi connectivity index (χ1n) is 15.5. The largest absolute Gasteiger partial charge is 0.307 e. The van der Waals surface area contributed by atoms with Crippen LogP contribution in [0.3, 0.4) is 0 Å². The van der Waals surface area contributed by atoms with Gasteiger partial charge in [0, 0.05) is 33.2 Å². The number of benzene rings is 3. The van der Waals surface area contributed by atoms with Crippen molar-refractivity contribution in [3.8, 4) is 11.4 Å². The van der Waals surface area contributed by atoms with Crippen molar-refractivity contribution in [1.82, 2.24) is 19.4 Å². The fraction of sp³-hybridized carbons (Fsp3) is 0.368. The molecule has 0 unspecified atom stereocenters. The molecule has 0 aliphatic heterocycles.